The second-order valence-corrected chi connectivity index (χ2v) is 5.86. The monoisotopic (exact) mass is 287 g/mol. The molecule has 20 heavy (non-hydrogen) atoms. The van der Waals surface area contributed by atoms with Crippen molar-refractivity contribution >= 4 is 17.4 Å². The summed E-state index contributed by atoms with van der Waals surface area (Å²) in [7, 11) is 0. The van der Waals surface area contributed by atoms with Crippen molar-refractivity contribution in [2.45, 2.75) is 32.2 Å². The summed E-state index contributed by atoms with van der Waals surface area (Å²) in [6.07, 6.45) is 3.10. The first-order valence-corrected chi connectivity index (χ1v) is 7.74. The third-order valence-corrected chi connectivity index (χ3v) is 4.40. The molecule has 1 N–H and O–H groups in total. The van der Waals surface area contributed by atoms with Gasteiger partial charge < -0.3 is 5.32 Å². The lowest BCUT2D eigenvalue weighted by Gasteiger charge is -2.18. The van der Waals surface area contributed by atoms with Crippen LogP contribution in [0, 0.1) is 5.92 Å². The molecule has 104 valence electrons. The van der Waals surface area contributed by atoms with Gasteiger partial charge in [0.1, 0.15) is 4.88 Å². The van der Waals surface area contributed by atoms with E-state index < -0.39 is 0 Å². The van der Waals surface area contributed by atoms with Gasteiger partial charge in [-0.2, -0.15) is 0 Å². The standard InChI is InChI=1S/C15H17N3OS/c1-2-12-14(20-18-17-12)15(19)16-13(11-8-9-11)10-6-4-3-5-7-10/h3-7,11,13H,2,8-9H2,1H3,(H,16,19). The van der Waals surface area contributed by atoms with E-state index in [0.717, 1.165) is 12.1 Å². The average molecular weight is 287 g/mol. The number of nitrogens with one attached hydrogen (secondary N) is 1. The van der Waals surface area contributed by atoms with Crippen molar-refractivity contribution in [2.24, 2.45) is 5.92 Å². The van der Waals surface area contributed by atoms with Gasteiger partial charge in [-0.1, -0.05) is 41.7 Å². The maximum absolute atomic E-state index is 12.4. The zero-order chi connectivity index (χ0) is 13.9. The van der Waals surface area contributed by atoms with E-state index in [1.165, 1.54) is 29.9 Å². The van der Waals surface area contributed by atoms with Crippen LogP contribution in [0.15, 0.2) is 30.3 Å². The molecule has 1 fully saturated rings. The van der Waals surface area contributed by atoms with E-state index in [1.54, 1.807) is 0 Å². The fourth-order valence-corrected chi connectivity index (χ4v) is 3.04. The zero-order valence-electron chi connectivity index (χ0n) is 11.4. The molecule has 1 aromatic heterocycles. The molecule has 1 aliphatic carbocycles. The topological polar surface area (TPSA) is 54.9 Å². The lowest BCUT2D eigenvalue weighted by Crippen LogP contribution is -2.29. The zero-order valence-corrected chi connectivity index (χ0v) is 12.2. The number of nitrogens with zero attached hydrogens (tertiary/aromatic N) is 2. The minimum Gasteiger partial charge on any atom is -0.344 e. The molecule has 1 aromatic carbocycles. The minimum atomic E-state index is -0.0439. The highest BCUT2D eigenvalue weighted by molar-refractivity contribution is 7.08. The molecule has 0 saturated heterocycles. The quantitative estimate of drug-likeness (QED) is 0.919. The number of aryl methyl sites for hydroxylation is 1. The highest BCUT2D eigenvalue weighted by Crippen LogP contribution is 2.41. The first kappa shape index (κ1) is 13.2. The average Bonchev–Trinajstić information content (AvgIpc) is 3.21. The molecular formula is C15H17N3OS. The Morgan fingerprint density at radius 3 is 2.80 bits per heavy atom. The van der Waals surface area contributed by atoms with Crippen LogP contribution in [-0.2, 0) is 6.42 Å². The number of carbonyl (C=O) groups is 1. The summed E-state index contributed by atoms with van der Waals surface area (Å²) in [6, 6.07) is 10.3. The van der Waals surface area contributed by atoms with Crippen molar-refractivity contribution < 1.29 is 4.79 Å². The second-order valence-electron chi connectivity index (χ2n) is 5.10. The highest BCUT2D eigenvalue weighted by atomic mass is 32.1. The summed E-state index contributed by atoms with van der Waals surface area (Å²) >= 11 is 1.18. The van der Waals surface area contributed by atoms with Crippen LogP contribution in [0.3, 0.4) is 0 Å². The van der Waals surface area contributed by atoms with Crippen molar-refractivity contribution in [1.29, 1.82) is 0 Å². The van der Waals surface area contributed by atoms with Crippen molar-refractivity contribution in [3.8, 4) is 0 Å². The maximum Gasteiger partial charge on any atom is 0.265 e. The Bertz CT molecular complexity index is 592. The Labute approximate surface area is 122 Å². The molecule has 3 rings (SSSR count). The minimum absolute atomic E-state index is 0.0439. The SMILES string of the molecule is CCc1nnsc1C(=O)NC(c1ccccc1)C1CC1. The van der Waals surface area contributed by atoms with E-state index in [9.17, 15) is 4.79 Å². The molecule has 0 spiro atoms. The fourth-order valence-electron chi connectivity index (χ4n) is 2.38. The van der Waals surface area contributed by atoms with Gasteiger partial charge in [0.25, 0.3) is 5.91 Å². The van der Waals surface area contributed by atoms with Gasteiger partial charge >= 0.3 is 0 Å². The summed E-state index contributed by atoms with van der Waals surface area (Å²) in [5.74, 6) is 0.518. The summed E-state index contributed by atoms with van der Waals surface area (Å²) in [5.41, 5.74) is 1.97. The highest BCUT2D eigenvalue weighted by Gasteiger charge is 2.34. The number of carbonyl (C=O) groups excluding carboxylic acids is 1. The predicted octanol–water partition coefficient (Wildman–Crippen LogP) is 2.98. The molecule has 1 unspecified atom stereocenters. The summed E-state index contributed by atoms with van der Waals surface area (Å²) < 4.78 is 3.89. The first-order valence-electron chi connectivity index (χ1n) is 6.96. The Morgan fingerprint density at radius 2 is 2.15 bits per heavy atom. The van der Waals surface area contributed by atoms with E-state index in [4.69, 9.17) is 0 Å². The number of aromatic nitrogens is 2. The molecule has 1 amide bonds. The molecule has 0 aliphatic heterocycles. The normalized spacial score (nSPS) is 15.8. The van der Waals surface area contributed by atoms with Crippen LogP contribution in [0.1, 0.15) is 46.7 Å². The number of hydrogen-bond acceptors (Lipinski definition) is 4. The second kappa shape index (κ2) is 5.71. The summed E-state index contributed by atoms with van der Waals surface area (Å²) in [6.45, 7) is 1.99. The van der Waals surface area contributed by atoms with Crippen LogP contribution in [0.2, 0.25) is 0 Å². The molecular weight excluding hydrogens is 270 g/mol. The lowest BCUT2D eigenvalue weighted by molar-refractivity contribution is 0.0934. The predicted molar refractivity (Wildman–Crippen MR) is 78.7 cm³/mol. The Morgan fingerprint density at radius 1 is 1.40 bits per heavy atom. The van der Waals surface area contributed by atoms with Crippen LogP contribution in [0.5, 0.6) is 0 Å². The van der Waals surface area contributed by atoms with Crippen LogP contribution in [0.25, 0.3) is 0 Å². The van der Waals surface area contributed by atoms with E-state index >= 15 is 0 Å². The maximum atomic E-state index is 12.4. The van der Waals surface area contributed by atoms with Gasteiger partial charge in [0.05, 0.1) is 11.7 Å². The smallest absolute Gasteiger partial charge is 0.265 e. The summed E-state index contributed by atoms with van der Waals surface area (Å²) in [5, 5.41) is 7.17. The van der Waals surface area contributed by atoms with Gasteiger partial charge in [0, 0.05) is 0 Å². The van der Waals surface area contributed by atoms with Gasteiger partial charge in [0.2, 0.25) is 0 Å². The Balaban J connectivity index is 1.79. The van der Waals surface area contributed by atoms with Crippen molar-refractivity contribution in [3.05, 3.63) is 46.5 Å². The van der Waals surface area contributed by atoms with Gasteiger partial charge in [0.15, 0.2) is 0 Å². The number of benzene rings is 1. The van der Waals surface area contributed by atoms with Crippen LogP contribution in [-0.4, -0.2) is 15.5 Å². The molecule has 5 heteroatoms. The largest absolute Gasteiger partial charge is 0.344 e. The molecule has 0 bridgehead atoms. The molecule has 1 saturated carbocycles. The molecule has 1 atom stereocenters. The number of hydrogen-bond donors (Lipinski definition) is 1. The third kappa shape index (κ3) is 2.72. The molecule has 4 nitrogen and oxygen atoms in total. The Hall–Kier alpha value is -1.75. The van der Waals surface area contributed by atoms with E-state index in [0.29, 0.717) is 10.8 Å². The van der Waals surface area contributed by atoms with E-state index in [2.05, 4.69) is 27.0 Å². The van der Waals surface area contributed by atoms with Crippen molar-refractivity contribution in [2.75, 3.05) is 0 Å². The molecule has 1 aliphatic rings. The van der Waals surface area contributed by atoms with Gasteiger partial charge in [-0.3, -0.25) is 4.79 Å². The first-order chi connectivity index (χ1) is 9.79. The fraction of sp³-hybridized carbons (Fsp3) is 0.400. The number of amides is 1. The van der Waals surface area contributed by atoms with Crippen LogP contribution < -0.4 is 5.32 Å². The summed E-state index contributed by atoms with van der Waals surface area (Å²) in [4.78, 5) is 13.1. The van der Waals surface area contributed by atoms with Gasteiger partial charge in [-0.25, -0.2) is 0 Å². The van der Waals surface area contributed by atoms with Crippen LogP contribution >= 0.6 is 11.5 Å². The van der Waals surface area contributed by atoms with Gasteiger partial charge in [-0.05, 0) is 42.3 Å². The Kier molecular flexibility index (Phi) is 3.78. The van der Waals surface area contributed by atoms with E-state index in [1.807, 2.05) is 25.1 Å². The van der Waals surface area contributed by atoms with Crippen molar-refractivity contribution in [1.82, 2.24) is 14.9 Å². The third-order valence-electron chi connectivity index (χ3n) is 3.64. The van der Waals surface area contributed by atoms with Crippen molar-refractivity contribution in [3.63, 3.8) is 0 Å². The lowest BCUT2D eigenvalue weighted by atomic mass is 10.0. The number of rotatable bonds is 5. The van der Waals surface area contributed by atoms with Crippen LogP contribution in [0.4, 0.5) is 0 Å². The molecule has 1 heterocycles. The van der Waals surface area contributed by atoms with Gasteiger partial charge in [-0.15, -0.1) is 5.10 Å². The molecule has 0 radical (unpaired) electrons. The molecule has 2 aromatic rings. The van der Waals surface area contributed by atoms with E-state index in [-0.39, 0.29) is 11.9 Å².